The minimum absolute atomic E-state index is 0.0698. The number of carboxylic acid groups (broad SMARTS) is 1. The molecule has 20 heavy (non-hydrogen) atoms. The Morgan fingerprint density at radius 2 is 2.20 bits per heavy atom. The van der Waals surface area contributed by atoms with Crippen molar-refractivity contribution in [3.05, 3.63) is 12.7 Å². The maximum atomic E-state index is 10.9. The van der Waals surface area contributed by atoms with Crippen LogP contribution in [0, 0.1) is 11.8 Å². The van der Waals surface area contributed by atoms with Gasteiger partial charge in [0, 0.05) is 13.0 Å². The van der Waals surface area contributed by atoms with Gasteiger partial charge in [-0.2, -0.15) is 0 Å². The van der Waals surface area contributed by atoms with Crippen molar-refractivity contribution in [2.45, 2.75) is 26.7 Å². The summed E-state index contributed by atoms with van der Waals surface area (Å²) in [6.07, 6.45) is 4.02. The lowest BCUT2D eigenvalue weighted by Gasteiger charge is -2.18. The number of hydrogen-bond donors (Lipinski definition) is 3. The van der Waals surface area contributed by atoms with Gasteiger partial charge in [-0.25, -0.2) is 15.0 Å². The van der Waals surface area contributed by atoms with Crippen LogP contribution in [-0.4, -0.2) is 37.6 Å². The molecule has 0 aliphatic carbocycles. The summed E-state index contributed by atoms with van der Waals surface area (Å²) in [5.41, 5.74) is 1.34. The number of anilines is 1. The van der Waals surface area contributed by atoms with E-state index < -0.39 is 5.97 Å². The molecule has 7 heteroatoms. The molecule has 7 nitrogen and oxygen atoms in total. The number of aliphatic carboxylic acids is 1. The average Bonchev–Trinajstić information content (AvgIpc) is 2.83. The van der Waals surface area contributed by atoms with Crippen molar-refractivity contribution in [3.63, 3.8) is 0 Å². The molecule has 0 saturated heterocycles. The number of carboxylic acids is 1. The van der Waals surface area contributed by atoms with E-state index in [1.807, 2.05) is 0 Å². The Labute approximate surface area is 116 Å². The molecule has 1 atom stereocenters. The van der Waals surface area contributed by atoms with Crippen LogP contribution in [0.15, 0.2) is 12.7 Å². The Morgan fingerprint density at radius 1 is 1.40 bits per heavy atom. The lowest BCUT2D eigenvalue weighted by atomic mass is 9.94. The normalized spacial score (nSPS) is 12.8. The third kappa shape index (κ3) is 3.66. The molecule has 1 unspecified atom stereocenters. The smallest absolute Gasteiger partial charge is 0.303 e. The highest BCUT2D eigenvalue weighted by Gasteiger charge is 2.16. The number of carbonyl (C=O) groups is 1. The van der Waals surface area contributed by atoms with E-state index >= 15 is 0 Å². The molecule has 2 rings (SSSR count). The van der Waals surface area contributed by atoms with E-state index in [0.29, 0.717) is 23.9 Å². The number of hydrogen-bond acceptors (Lipinski definition) is 5. The highest BCUT2D eigenvalue weighted by molar-refractivity contribution is 5.81. The highest BCUT2D eigenvalue weighted by Crippen LogP contribution is 2.19. The van der Waals surface area contributed by atoms with E-state index in [9.17, 15) is 4.79 Å². The first kappa shape index (κ1) is 14.2. The van der Waals surface area contributed by atoms with Gasteiger partial charge >= 0.3 is 5.97 Å². The summed E-state index contributed by atoms with van der Waals surface area (Å²) in [4.78, 5) is 26.2. The van der Waals surface area contributed by atoms with Gasteiger partial charge in [0.15, 0.2) is 11.5 Å². The maximum Gasteiger partial charge on any atom is 0.303 e. The van der Waals surface area contributed by atoms with E-state index in [-0.39, 0.29) is 12.3 Å². The number of fused-ring (bicyclic) bond motifs is 1. The summed E-state index contributed by atoms with van der Waals surface area (Å²) in [6, 6.07) is 0. The van der Waals surface area contributed by atoms with E-state index in [0.717, 1.165) is 11.9 Å². The van der Waals surface area contributed by atoms with E-state index in [1.165, 1.54) is 6.33 Å². The van der Waals surface area contributed by atoms with Crippen molar-refractivity contribution in [3.8, 4) is 0 Å². The van der Waals surface area contributed by atoms with Gasteiger partial charge in [-0.15, -0.1) is 0 Å². The van der Waals surface area contributed by atoms with Crippen molar-refractivity contribution in [2.24, 2.45) is 11.8 Å². The Balaban J connectivity index is 2.04. The Hall–Kier alpha value is -2.18. The quantitative estimate of drug-likeness (QED) is 0.714. The minimum Gasteiger partial charge on any atom is -0.481 e. The molecule has 0 aromatic carbocycles. The predicted molar refractivity (Wildman–Crippen MR) is 75.4 cm³/mol. The first-order valence-corrected chi connectivity index (χ1v) is 6.66. The first-order chi connectivity index (χ1) is 9.56. The second-order valence-corrected chi connectivity index (χ2v) is 5.30. The van der Waals surface area contributed by atoms with Gasteiger partial charge in [0.05, 0.1) is 6.33 Å². The molecule has 3 N–H and O–H groups in total. The van der Waals surface area contributed by atoms with Crippen LogP contribution < -0.4 is 5.32 Å². The second-order valence-electron chi connectivity index (χ2n) is 5.30. The van der Waals surface area contributed by atoms with Crippen molar-refractivity contribution < 1.29 is 9.90 Å². The maximum absolute atomic E-state index is 10.9. The summed E-state index contributed by atoms with van der Waals surface area (Å²) < 4.78 is 0. The molecule has 0 bridgehead atoms. The van der Waals surface area contributed by atoms with Crippen LogP contribution >= 0.6 is 0 Å². The number of nitrogens with zero attached hydrogens (tertiary/aromatic N) is 3. The molecule has 2 aromatic heterocycles. The Bertz CT molecular complexity index is 581. The third-order valence-corrected chi connectivity index (χ3v) is 3.05. The fourth-order valence-electron chi connectivity index (χ4n) is 2.29. The van der Waals surface area contributed by atoms with Crippen LogP contribution in [-0.2, 0) is 4.79 Å². The van der Waals surface area contributed by atoms with Crippen LogP contribution in [0.1, 0.15) is 26.7 Å². The van der Waals surface area contributed by atoms with Crippen LogP contribution in [0.3, 0.4) is 0 Å². The van der Waals surface area contributed by atoms with Crippen molar-refractivity contribution in [1.82, 2.24) is 19.9 Å². The van der Waals surface area contributed by atoms with Gasteiger partial charge in [-0.3, -0.25) is 4.79 Å². The Kier molecular flexibility index (Phi) is 4.49. The van der Waals surface area contributed by atoms with Crippen LogP contribution in [0.5, 0.6) is 0 Å². The number of H-pyrrole nitrogens is 1. The molecule has 0 aliphatic rings. The topological polar surface area (TPSA) is 104 Å². The number of imidazole rings is 1. The van der Waals surface area contributed by atoms with Gasteiger partial charge < -0.3 is 15.4 Å². The summed E-state index contributed by atoms with van der Waals surface area (Å²) in [6.45, 7) is 4.74. The van der Waals surface area contributed by atoms with Gasteiger partial charge in [0.2, 0.25) is 0 Å². The zero-order valence-corrected chi connectivity index (χ0v) is 11.6. The molecule has 0 spiro atoms. The molecule has 0 radical (unpaired) electrons. The van der Waals surface area contributed by atoms with Crippen molar-refractivity contribution in [2.75, 3.05) is 11.9 Å². The molecule has 0 amide bonds. The van der Waals surface area contributed by atoms with Crippen molar-refractivity contribution >= 4 is 23.0 Å². The molecule has 2 aromatic rings. The summed E-state index contributed by atoms with van der Waals surface area (Å²) >= 11 is 0. The van der Waals surface area contributed by atoms with Crippen LogP contribution in [0.4, 0.5) is 5.82 Å². The number of rotatable bonds is 7. The largest absolute Gasteiger partial charge is 0.481 e. The summed E-state index contributed by atoms with van der Waals surface area (Å²) in [7, 11) is 0. The summed E-state index contributed by atoms with van der Waals surface area (Å²) in [5, 5.41) is 12.2. The first-order valence-electron chi connectivity index (χ1n) is 6.66. The fourth-order valence-corrected chi connectivity index (χ4v) is 2.29. The van der Waals surface area contributed by atoms with E-state index in [1.54, 1.807) is 6.33 Å². The highest BCUT2D eigenvalue weighted by atomic mass is 16.4. The lowest BCUT2D eigenvalue weighted by Crippen LogP contribution is -2.20. The molecule has 0 aliphatic heterocycles. The summed E-state index contributed by atoms with van der Waals surface area (Å²) in [5.74, 6) is 0.414. The molecular formula is C13H19N5O2. The van der Waals surface area contributed by atoms with Gasteiger partial charge in [0.25, 0.3) is 0 Å². The van der Waals surface area contributed by atoms with Gasteiger partial charge in [-0.1, -0.05) is 13.8 Å². The zero-order chi connectivity index (χ0) is 14.5. The minimum atomic E-state index is -0.771. The molecular weight excluding hydrogens is 258 g/mol. The number of aromatic nitrogens is 4. The number of nitrogens with one attached hydrogen (secondary N) is 2. The standard InChI is InChI=1S/C13H19N5O2/c1-8(2)3-9(4-10(19)20)5-14-12-11-13(16-6-15-11)18-7-17-12/h6-9H,3-5H2,1-2H3,(H,19,20)(H2,14,15,16,17,18). The van der Waals surface area contributed by atoms with E-state index in [2.05, 4.69) is 39.1 Å². The number of aromatic amines is 1. The zero-order valence-electron chi connectivity index (χ0n) is 11.6. The second kappa shape index (κ2) is 6.31. The third-order valence-electron chi connectivity index (χ3n) is 3.05. The lowest BCUT2D eigenvalue weighted by molar-refractivity contribution is -0.138. The Morgan fingerprint density at radius 3 is 2.90 bits per heavy atom. The molecule has 108 valence electrons. The van der Waals surface area contributed by atoms with Crippen LogP contribution in [0.2, 0.25) is 0 Å². The van der Waals surface area contributed by atoms with Crippen LogP contribution in [0.25, 0.3) is 11.2 Å². The SMILES string of the molecule is CC(C)CC(CNc1ncnc2nc[nH]c12)CC(=O)O. The van der Waals surface area contributed by atoms with Gasteiger partial charge in [0.1, 0.15) is 11.8 Å². The molecule has 2 heterocycles. The molecule has 0 fully saturated rings. The fraction of sp³-hybridized carbons (Fsp3) is 0.538. The van der Waals surface area contributed by atoms with Crippen molar-refractivity contribution in [1.29, 1.82) is 0 Å². The van der Waals surface area contributed by atoms with Gasteiger partial charge in [-0.05, 0) is 18.3 Å². The molecule has 0 saturated carbocycles. The predicted octanol–water partition coefficient (Wildman–Crippen LogP) is 1.90. The monoisotopic (exact) mass is 277 g/mol. The average molecular weight is 277 g/mol. The van der Waals surface area contributed by atoms with E-state index in [4.69, 9.17) is 5.11 Å².